The molecule has 1 N–H and O–H groups in total. The second-order valence-corrected chi connectivity index (χ2v) is 7.02. The van der Waals surface area contributed by atoms with Crippen LogP contribution in [0.5, 0.6) is 0 Å². The van der Waals surface area contributed by atoms with E-state index in [1.165, 1.54) is 6.26 Å². The van der Waals surface area contributed by atoms with E-state index in [4.69, 9.17) is 4.42 Å². The Morgan fingerprint density at radius 3 is 2.50 bits per heavy atom. The monoisotopic (exact) mass is 373 g/mol. The van der Waals surface area contributed by atoms with Crippen LogP contribution in [0.1, 0.15) is 17.5 Å². The fourth-order valence-corrected chi connectivity index (χ4v) is 3.57. The zero-order valence-electron chi connectivity index (χ0n) is 15.0. The van der Waals surface area contributed by atoms with Crippen molar-refractivity contribution in [3.05, 3.63) is 48.4 Å². The van der Waals surface area contributed by atoms with Crippen molar-refractivity contribution in [3.63, 3.8) is 0 Å². The molecular formula is C19H23N3O3S. The van der Waals surface area contributed by atoms with Gasteiger partial charge in [0.2, 0.25) is 5.91 Å². The molecule has 1 saturated heterocycles. The first-order valence-electron chi connectivity index (χ1n) is 8.61. The van der Waals surface area contributed by atoms with Crippen LogP contribution in [0.4, 0.5) is 5.69 Å². The van der Waals surface area contributed by atoms with Gasteiger partial charge in [-0.2, -0.15) is 0 Å². The predicted molar refractivity (Wildman–Crippen MR) is 102 cm³/mol. The number of carbonyl (C=O) groups is 2. The van der Waals surface area contributed by atoms with Crippen LogP contribution in [0, 0.1) is 0 Å². The molecule has 2 amide bonds. The van der Waals surface area contributed by atoms with E-state index in [0.717, 1.165) is 10.6 Å². The Morgan fingerprint density at radius 1 is 1.12 bits per heavy atom. The van der Waals surface area contributed by atoms with E-state index >= 15 is 0 Å². The molecule has 1 aromatic heterocycles. The maximum absolute atomic E-state index is 12.6. The van der Waals surface area contributed by atoms with Gasteiger partial charge in [0.25, 0.3) is 5.91 Å². The van der Waals surface area contributed by atoms with Gasteiger partial charge in [-0.05, 0) is 37.4 Å². The maximum atomic E-state index is 12.6. The quantitative estimate of drug-likeness (QED) is 0.817. The fraction of sp³-hybridized carbons (Fsp3) is 0.368. The van der Waals surface area contributed by atoms with Gasteiger partial charge in [0, 0.05) is 31.1 Å². The number of nitrogens with zero attached hydrogens (tertiary/aromatic N) is 2. The number of para-hydroxylation sites is 1. The highest BCUT2D eigenvalue weighted by Gasteiger charge is 2.28. The van der Waals surface area contributed by atoms with Crippen LogP contribution in [0.3, 0.4) is 0 Å². The van der Waals surface area contributed by atoms with Crippen molar-refractivity contribution in [1.29, 1.82) is 0 Å². The van der Waals surface area contributed by atoms with E-state index in [2.05, 4.69) is 10.2 Å². The van der Waals surface area contributed by atoms with E-state index in [1.807, 2.05) is 37.4 Å². The minimum absolute atomic E-state index is 0.0303. The lowest BCUT2D eigenvalue weighted by Crippen LogP contribution is -2.54. The molecule has 26 heavy (non-hydrogen) atoms. The number of benzene rings is 1. The van der Waals surface area contributed by atoms with Crippen LogP contribution in [0.2, 0.25) is 0 Å². The molecule has 0 aliphatic carbocycles. The average Bonchev–Trinajstić information content (AvgIpc) is 3.22. The fourth-order valence-electron chi connectivity index (χ4n) is 3.02. The number of amides is 2. The highest BCUT2D eigenvalue weighted by Crippen LogP contribution is 2.25. The number of furan rings is 1. The number of anilines is 1. The molecular weight excluding hydrogens is 350 g/mol. The smallest absolute Gasteiger partial charge is 0.289 e. The predicted octanol–water partition coefficient (Wildman–Crippen LogP) is 2.79. The number of hydrogen-bond acceptors (Lipinski definition) is 5. The van der Waals surface area contributed by atoms with E-state index in [9.17, 15) is 9.59 Å². The molecule has 1 aliphatic heterocycles. The van der Waals surface area contributed by atoms with Gasteiger partial charge in [-0.25, -0.2) is 0 Å². The average molecular weight is 373 g/mol. The molecule has 7 heteroatoms. The Bertz CT molecular complexity index is 755. The highest BCUT2D eigenvalue weighted by atomic mass is 32.2. The van der Waals surface area contributed by atoms with Crippen LogP contribution in [0.15, 0.2) is 52.0 Å². The Labute approximate surface area is 157 Å². The summed E-state index contributed by atoms with van der Waals surface area (Å²) in [4.78, 5) is 29.8. The lowest BCUT2D eigenvalue weighted by Gasteiger charge is -2.37. The third kappa shape index (κ3) is 4.11. The van der Waals surface area contributed by atoms with E-state index in [0.29, 0.717) is 31.9 Å². The molecule has 1 atom stereocenters. The summed E-state index contributed by atoms with van der Waals surface area (Å²) < 4.78 is 5.18. The normalized spacial score (nSPS) is 16.3. The first kappa shape index (κ1) is 18.5. The van der Waals surface area contributed by atoms with Gasteiger partial charge in [-0.15, -0.1) is 11.8 Å². The molecule has 0 radical (unpaired) electrons. The molecule has 0 unspecified atom stereocenters. The first-order valence-corrected chi connectivity index (χ1v) is 9.83. The summed E-state index contributed by atoms with van der Waals surface area (Å²) in [5.41, 5.74) is 0.837. The van der Waals surface area contributed by atoms with E-state index in [1.54, 1.807) is 28.8 Å². The summed E-state index contributed by atoms with van der Waals surface area (Å²) in [7, 11) is 0. The van der Waals surface area contributed by atoms with Crippen LogP contribution < -0.4 is 5.32 Å². The van der Waals surface area contributed by atoms with Gasteiger partial charge in [-0.3, -0.25) is 14.5 Å². The number of rotatable bonds is 5. The number of carbonyl (C=O) groups excluding carboxylic acids is 2. The molecule has 6 nitrogen and oxygen atoms in total. The molecule has 1 aliphatic rings. The molecule has 3 rings (SSSR count). The van der Waals surface area contributed by atoms with Gasteiger partial charge in [0.1, 0.15) is 0 Å². The second kappa shape index (κ2) is 8.42. The first-order chi connectivity index (χ1) is 12.6. The Kier molecular flexibility index (Phi) is 6.00. The van der Waals surface area contributed by atoms with E-state index < -0.39 is 0 Å². The van der Waals surface area contributed by atoms with Gasteiger partial charge < -0.3 is 14.6 Å². The van der Waals surface area contributed by atoms with Crippen molar-refractivity contribution in [1.82, 2.24) is 9.80 Å². The number of nitrogens with one attached hydrogen (secondary N) is 1. The van der Waals surface area contributed by atoms with Crippen molar-refractivity contribution in [2.75, 3.05) is 37.8 Å². The van der Waals surface area contributed by atoms with Gasteiger partial charge >= 0.3 is 0 Å². The molecule has 0 bridgehead atoms. The van der Waals surface area contributed by atoms with Crippen molar-refractivity contribution < 1.29 is 14.0 Å². The molecule has 1 aromatic carbocycles. The Morgan fingerprint density at radius 2 is 1.85 bits per heavy atom. The van der Waals surface area contributed by atoms with Gasteiger partial charge in [0.15, 0.2) is 5.76 Å². The van der Waals surface area contributed by atoms with Crippen LogP contribution in [-0.2, 0) is 4.79 Å². The van der Waals surface area contributed by atoms with Crippen molar-refractivity contribution in [3.8, 4) is 0 Å². The second-order valence-electron chi connectivity index (χ2n) is 6.17. The van der Waals surface area contributed by atoms with Crippen molar-refractivity contribution >= 4 is 29.3 Å². The lowest BCUT2D eigenvalue weighted by molar-refractivity contribution is -0.121. The molecule has 0 saturated carbocycles. The molecule has 138 valence electrons. The topological polar surface area (TPSA) is 65.8 Å². The lowest BCUT2D eigenvalue weighted by atomic mass is 10.2. The molecule has 2 heterocycles. The van der Waals surface area contributed by atoms with Crippen molar-refractivity contribution in [2.45, 2.75) is 17.9 Å². The molecule has 2 aromatic rings. The van der Waals surface area contributed by atoms with E-state index in [-0.39, 0.29) is 17.9 Å². The standard InChI is InChI=1S/C19H23N3O3S/c1-14(18(23)20-15-6-3-4-8-17(15)26-2)21-9-11-22(12-10-21)19(24)16-7-5-13-25-16/h3-8,13-14H,9-12H2,1-2H3,(H,20,23)/t14-/m0/s1. The molecule has 1 fully saturated rings. The summed E-state index contributed by atoms with van der Waals surface area (Å²) in [6.45, 7) is 4.38. The highest BCUT2D eigenvalue weighted by molar-refractivity contribution is 7.98. The summed E-state index contributed by atoms with van der Waals surface area (Å²) in [6, 6.07) is 10.9. The largest absolute Gasteiger partial charge is 0.459 e. The summed E-state index contributed by atoms with van der Waals surface area (Å²) in [5.74, 6) is 0.232. The summed E-state index contributed by atoms with van der Waals surface area (Å²) in [5, 5.41) is 3.02. The Hall–Kier alpha value is -2.25. The van der Waals surface area contributed by atoms with Crippen molar-refractivity contribution in [2.24, 2.45) is 0 Å². The minimum Gasteiger partial charge on any atom is -0.459 e. The zero-order chi connectivity index (χ0) is 18.5. The SMILES string of the molecule is CSc1ccccc1NC(=O)[C@H](C)N1CCN(C(=O)c2ccco2)CC1. The third-order valence-corrected chi connectivity index (χ3v) is 5.42. The minimum atomic E-state index is -0.259. The molecule has 0 spiro atoms. The number of piperazine rings is 1. The maximum Gasteiger partial charge on any atom is 0.289 e. The Balaban J connectivity index is 1.55. The van der Waals surface area contributed by atoms with Crippen LogP contribution in [-0.4, -0.2) is 60.1 Å². The zero-order valence-corrected chi connectivity index (χ0v) is 15.8. The number of hydrogen-bond donors (Lipinski definition) is 1. The third-order valence-electron chi connectivity index (χ3n) is 4.63. The van der Waals surface area contributed by atoms with Crippen LogP contribution in [0.25, 0.3) is 0 Å². The van der Waals surface area contributed by atoms with Crippen LogP contribution >= 0.6 is 11.8 Å². The number of thioether (sulfide) groups is 1. The summed E-state index contributed by atoms with van der Waals surface area (Å²) in [6.07, 6.45) is 3.49. The summed E-state index contributed by atoms with van der Waals surface area (Å²) >= 11 is 1.61. The van der Waals surface area contributed by atoms with Gasteiger partial charge in [-0.1, -0.05) is 12.1 Å². The van der Waals surface area contributed by atoms with Gasteiger partial charge in [0.05, 0.1) is 18.0 Å².